The molecule has 0 aliphatic heterocycles. The van der Waals surface area contributed by atoms with Crippen LogP contribution < -0.4 is 10.1 Å². The van der Waals surface area contributed by atoms with Crippen molar-refractivity contribution in [3.63, 3.8) is 0 Å². The highest BCUT2D eigenvalue weighted by molar-refractivity contribution is 7.09. The van der Waals surface area contributed by atoms with Crippen LogP contribution in [0.1, 0.15) is 29.2 Å². The second kappa shape index (κ2) is 5.67. The van der Waals surface area contributed by atoms with E-state index < -0.39 is 0 Å². The highest BCUT2D eigenvalue weighted by Crippen LogP contribution is 2.22. The summed E-state index contributed by atoms with van der Waals surface area (Å²) in [4.78, 5) is 8.79. The van der Waals surface area contributed by atoms with E-state index in [4.69, 9.17) is 4.74 Å². The van der Waals surface area contributed by atoms with Gasteiger partial charge in [0, 0.05) is 29.9 Å². The SMILES string of the molecule is Cc1ccc(OCc2nccs2)c(CNC2CC2)n1. The van der Waals surface area contributed by atoms with Crippen molar-refractivity contribution >= 4 is 11.3 Å². The Balaban J connectivity index is 1.67. The van der Waals surface area contributed by atoms with Gasteiger partial charge in [-0.05, 0) is 31.9 Å². The van der Waals surface area contributed by atoms with Gasteiger partial charge in [-0.3, -0.25) is 4.98 Å². The molecule has 1 saturated carbocycles. The number of thiazole rings is 1. The van der Waals surface area contributed by atoms with Gasteiger partial charge < -0.3 is 10.1 Å². The zero-order valence-electron chi connectivity index (χ0n) is 10.9. The first-order chi connectivity index (χ1) is 9.31. The third-order valence-corrected chi connectivity index (χ3v) is 3.79. The number of aryl methyl sites for hydroxylation is 1. The number of nitrogens with one attached hydrogen (secondary N) is 1. The Bertz CT molecular complexity index is 538. The molecule has 0 saturated heterocycles. The molecule has 0 amide bonds. The van der Waals surface area contributed by atoms with Crippen molar-refractivity contribution in [1.29, 1.82) is 0 Å². The highest BCUT2D eigenvalue weighted by atomic mass is 32.1. The molecule has 3 rings (SSSR count). The van der Waals surface area contributed by atoms with Gasteiger partial charge in [-0.1, -0.05) is 0 Å². The van der Waals surface area contributed by atoms with Crippen LogP contribution in [0.3, 0.4) is 0 Å². The molecule has 0 unspecified atom stereocenters. The minimum Gasteiger partial charge on any atom is -0.484 e. The second-order valence-corrected chi connectivity index (χ2v) is 5.75. The molecule has 2 aromatic rings. The number of hydrogen-bond acceptors (Lipinski definition) is 5. The summed E-state index contributed by atoms with van der Waals surface area (Å²) in [5.41, 5.74) is 2.01. The van der Waals surface area contributed by atoms with E-state index in [-0.39, 0.29) is 0 Å². The molecular weight excluding hydrogens is 258 g/mol. The fraction of sp³-hybridized carbons (Fsp3) is 0.429. The standard InChI is InChI=1S/C14H17N3OS/c1-10-2-5-13(18-9-14-15-6-7-19-14)12(17-10)8-16-11-3-4-11/h2,5-7,11,16H,3-4,8-9H2,1H3. The monoisotopic (exact) mass is 275 g/mol. The van der Waals surface area contributed by atoms with Crippen LogP contribution in [0.4, 0.5) is 0 Å². The largest absolute Gasteiger partial charge is 0.484 e. The predicted molar refractivity (Wildman–Crippen MR) is 75.3 cm³/mol. The topological polar surface area (TPSA) is 47.0 Å². The third-order valence-electron chi connectivity index (χ3n) is 3.04. The first-order valence-corrected chi connectivity index (χ1v) is 7.40. The minimum absolute atomic E-state index is 0.513. The number of pyridine rings is 1. The fourth-order valence-electron chi connectivity index (χ4n) is 1.85. The van der Waals surface area contributed by atoms with Crippen LogP contribution in [0.15, 0.2) is 23.7 Å². The minimum atomic E-state index is 0.513. The summed E-state index contributed by atoms with van der Waals surface area (Å²) in [5.74, 6) is 0.856. The molecule has 100 valence electrons. The summed E-state index contributed by atoms with van der Waals surface area (Å²) in [6.07, 6.45) is 4.36. The van der Waals surface area contributed by atoms with Gasteiger partial charge in [0.1, 0.15) is 17.4 Å². The predicted octanol–water partition coefficient (Wildman–Crippen LogP) is 2.68. The van der Waals surface area contributed by atoms with Crippen molar-refractivity contribution in [3.05, 3.63) is 40.1 Å². The van der Waals surface area contributed by atoms with Crippen LogP contribution in [-0.4, -0.2) is 16.0 Å². The van der Waals surface area contributed by atoms with Crippen molar-refractivity contribution in [2.45, 2.75) is 39.0 Å². The molecule has 0 radical (unpaired) electrons. The number of aromatic nitrogens is 2. The molecular formula is C14H17N3OS. The number of ether oxygens (including phenoxy) is 1. The Morgan fingerprint density at radius 2 is 2.32 bits per heavy atom. The van der Waals surface area contributed by atoms with Gasteiger partial charge in [-0.2, -0.15) is 0 Å². The van der Waals surface area contributed by atoms with Crippen LogP contribution >= 0.6 is 11.3 Å². The Hall–Kier alpha value is -1.46. The quantitative estimate of drug-likeness (QED) is 0.880. The van der Waals surface area contributed by atoms with Crippen molar-refractivity contribution in [2.75, 3.05) is 0 Å². The third kappa shape index (κ3) is 3.52. The zero-order chi connectivity index (χ0) is 13.1. The summed E-state index contributed by atoms with van der Waals surface area (Å²) < 4.78 is 5.83. The summed E-state index contributed by atoms with van der Waals surface area (Å²) in [7, 11) is 0. The smallest absolute Gasteiger partial charge is 0.142 e. The molecule has 5 heteroatoms. The lowest BCUT2D eigenvalue weighted by molar-refractivity contribution is 0.299. The highest BCUT2D eigenvalue weighted by Gasteiger charge is 2.21. The van der Waals surface area contributed by atoms with Gasteiger partial charge in [0.05, 0.1) is 5.69 Å². The Kier molecular flexibility index (Phi) is 3.75. The maximum Gasteiger partial charge on any atom is 0.142 e. The molecule has 19 heavy (non-hydrogen) atoms. The average molecular weight is 275 g/mol. The van der Waals surface area contributed by atoms with Crippen LogP contribution in [0.2, 0.25) is 0 Å². The summed E-state index contributed by atoms with van der Waals surface area (Å²) >= 11 is 1.61. The van der Waals surface area contributed by atoms with E-state index in [0.717, 1.165) is 28.7 Å². The molecule has 0 bridgehead atoms. The molecule has 1 aliphatic carbocycles. The van der Waals surface area contributed by atoms with Crippen LogP contribution in [0.5, 0.6) is 5.75 Å². The normalized spacial score (nSPS) is 14.6. The van der Waals surface area contributed by atoms with Crippen molar-refractivity contribution in [1.82, 2.24) is 15.3 Å². The molecule has 0 atom stereocenters. The molecule has 0 spiro atoms. The maximum atomic E-state index is 5.83. The van der Waals surface area contributed by atoms with Gasteiger partial charge in [0.15, 0.2) is 0 Å². The Morgan fingerprint density at radius 1 is 1.42 bits per heavy atom. The van der Waals surface area contributed by atoms with Crippen molar-refractivity contribution in [2.24, 2.45) is 0 Å². The second-order valence-electron chi connectivity index (χ2n) is 4.77. The van der Waals surface area contributed by atoms with Crippen molar-refractivity contribution < 1.29 is 4.74 Å². The molecule has 1 fully saturated rings. The van der Waals surface area contributed by atoms with Crippen molar-refractivity contribution in [3.8, 4) is 5.75 Å². The van der Waals surface area contributed by atoms with Gasteiger partial charge in [0.25, 0.3) is 0 Å². The summed E-state index contributed by atoms with van der Waals surface area (Å²) in [6, 6.07) is 4.66. The summed E-state index contributed by atoms with van der Waals surface area (Å²) in [5, 5.41) is 6.43. The van der Waals surface area contributed by atoms with E-state index in [9.17, 15) is 0 Å². The number of nitrogens with zero attached hydrogens (tertiary/aromatic N) is 2. The molecule has 2 aromatic heterocycles. The van der Waals surface area contributed by atoms with Gasteiger partial charge in [-0.25, -0.2) is 4.98 Å². The van der Waals surface area contributed by atoms with Gasteiger partial charge in [0.2, 0.25) is 0 Å². The molecule has 1 aliphatic rings. The lowest BCUT2D eigenvalue weighted by Crippen LogP contribution is -2.17. The lowest BCUT2D eigenvalue weighted by atomic mass is 10.3. The van der Waals surface area contributed by atoms with Crippen LogP contribution in [-0.2, 0) is 13.2 Å². The van der Waals surface area contributed by atoms with Gasteiger partial charge in [-0.15, -0.1) is 11.3 Å². The van der Waals surface area contributed by atoms with E-state index in [1.807, 2.05) is 24.4 Å². The van der Waals surface area contributed by atoms with E-state index in [1.165, 1.54) is 12.8 Å². The number of hydrogen-bond donors (Lipinski definition) is 1. The van der Waals surface area contributed by atoms with E-state index in [2.05, 4.69) is 15.3 Å². The fourth-order valence-corrected chi connectivity index (χ4v) is 2.38. The lowest BCUT2D eigenvalue weighted by Gasteiger charge is -2.11. The van der Waals surface area contributed by atoms with E-state index in [1.54, 1.807) is 17.5 Å². The Labute approximate surface area is 116 Å². The van der Waals surface area contributed by atoms with Crippen LogP contribution in [0, 0.1) is 6.92 Å². The zero-order valence-corrected chi connectivity index (χ0v) is 11.7. The molecule has 0 aromatic carbocycles. The van der Waals surface area contributed by atoms with Gasteiger partial charge >= 0.3 is 0 Å². The van der Waals surface area contributed by atoms with E-state index in [0.29, 0.717) is 12.6 Å². The van der Waals surface area contributed by atoms with Crippen LogP contribution in [0.25, 0.3) is 0 Å². The Morgan fingerprint density at radius 3 is 3.05 bits per heavy atom. The summed E-state index contributed by atoms with van der Waals surface area (Å²) in [6.45, 7) is 3.30. The average Bonchev–Trinajstić information content (AvgIpc) is 3.10. The molecule has 2 heterocycles. The molecule has 1 N–H and O–H groups in total. The maximum absolute atomic E-state index is 5.83. The molecule has 4 nitrogen and oxygen atoms in total. The number of rotatable bonds is 6. The first-order valence-electron chi connectivity index (χ1n) is 6.52. The van der Waals surface area contributed by atoms with E-state index >= 15 is 0 Å². The first kappa shape index (κ1) is 12.6.